The van der Waals surface area contributed by atoms with Crippen LogP contribution in [-0.4, -0.2) is 38.5 Å². The second-order valence-corrected chi connectivity index (χ2v) is 6.14. The second-order valence-electron chi connectivity index (χ2n) is 6.14. The van der Waals surface area contributed by atoms with Crippen LogP contribution in [0.25, 0.3) is 38.9 Å². The van der Waals surface area contributed by atoms with Gasteiger partial charge in [0, 0.05) is 29.0 Å². The Morgan fingerprint density at radius 2 is 1.52 bits per heavy atom. The summed E-state index contributed by atoms with van der Waals surface area (Å²) >= 11 is 0. The first-order chi connectivity index (χ1) is 12.8. The van der Waals surface area contributed by atoms with E-state index < -0.39 is 0 Å². The van der Waals surface area contributed by atoms with E-state index in [0.29, 0.717) is 5.56 Å². The second kappa shape index (κ2) is 6.92. The number of aromatic hydroxyl groups is 1. The van der Waals surface area contributed by atoms with Crippen LogP contribution in [0.1, 0.15) is 0 Å². The SMILES string of the molecule is Oc1ccc(-n2c3ccccc3c3ncccc32)cc1-c1ccccn1.[LiH]. The van der Waals surface area contributed by atoms with Gasteiger partial charge in [-0.15, -0.1) is 0 Å². The van der Waals surface area contributed by atoms with Crippen molar-refractivity contribution in [1.29, 1.82) is 0 Å². The average molecular weight is 345 g/mol. The Labute approximate surface area is 168 Å². The Balaban J connectivity index is 0.00000180. The zero-order valence-corrected chi connectivity index (χ0v) is 13.9. The Bertz CT molecular complexity index is 1200. The van der Waals surface area contributed by atoms with Crippen LogP contribution in [0.5, 0.6) is 5.75 Å². The van der Waals surface area contributed by atoms with Gasteiger partial charge < -0.3 is 9.67 Å². The van der Waals surface area contributed by atoms with E-state index in [9.17, 15) is 5.11 Å². The molecule has 0 saturated carbocycles. The van der Waals surface area contributed by atoms with Gasteiger partial charge in [0.05, 0.1) is 22.2 Å². The number of nitrogens with zero attached hydrogens (tertiary/aromatic N) is 3. The van der Waals surface area contributed by atoms with Gasteiger partial charge in [0.15, 0.2) is 0 Å². The summed E-state index contributed by atoms with van der Waals surface area (Å²) in [6.07, 6.45) is 3.54. The number of phenolic OH excluding ortho intramolecular Hbond substituents is 1. The van der Waals surface area contributed by atoms with Gasteiger partial charge in [-0.2, -0.15) is 0 Å². The molecule has 5 heteroatoms. The summed E-state index contributed by atoms with van der Waals surface area (Å²) in [6, 6.07) is 23.5. The van der Waals surface area contributed by atoms with E-state index in [4.69, 9.17) is 0 Å². The van der Waals surface area contributed by atoms with E-state index in [1.165, 1.54) is 0 Å². The normalized spacial score (nSPS) is 10.8. The number of phenols is 1. The summed E-state index contributed by atoms with van der Waals surface area (Å²) in [6.45, 7) is 0. The molecule has 0 aliphatic heterocycles. The fourth-order valence-electron chi connectivity index (χ4n) is 3.45. The van der Waals surface area contributed by atoms with E-state index in [1.807, 2.05) is 54.7 Å². The third-order valence-electron chi connectivity index (χ3n) is 4.61. The van der Waals surface area contributed by atoms with Crippen molar-refractivity contribution in [1.82, 2.24) is 14.5 Å². The van der Waals surface area contributed by atoms with Crippen molar-refractivity contribution in [2.45, 2.75) is 0 Å². The number of hydrogen-bond acceptors (Lipinski definition) is 3. The number of rotatable bonds is 2. The van der Waals surface area contributed by atoms with Crippen LogP contribution in [0, 0.1) is 0 Å². The van der Waals surface area contributed by atoms with Crippen LogP contribution in [0.2, 0.25) is 0 Å². The first kappa shape index (κ1) is 17.4. The molecule has 5 rings (SSSR count). The predicted octanol–water partition coefficient (Wildman–Crippen LogP) is 4.30. The third-order valence-corrected chi connectivity index (χ3v) is 4.61. The topological polar surface area (TPSA) is 50.9 Å². The van der Waals surface area contributed by atoms with Crippen molar-refractivity contribution in [2.24, 2.45) is 0 Å². The Kier molecular flexibility index (Phi) is 4.45. The fourth-order valence-corrected chi connectivity index (χ4v) is 3.45. The van der Waals surface area contributed by atoms with Crippen LogP contribution in [0.4, 0.5) is 0 Å². The summed E-state index contributed by atoms with van der Waals surface area (Å²) in [5, 5.41) is 11.5. The van der Waals surface area contributed by atoms with Crippen molar-refractivity contribution in [3.05, 3.63) is 85.2 Å². The van der Waals surface area contributed by atoms with E-state index in [-0.39, 0.29) is 24.6 Å². The average Bonchev–Trinajstić information content (AvgIpc) is 3.04. The molecule has 2 aromatic carbocycles. The molecule has 0 fully saturated rings. The molecule has 0 amide bonds. The molecule has 0 spiro atoms. The first-order valence-electron chi connectivity index (χ1n) is 8.42. The minimum atomic E-state index is 0. The van der Waals surface area contributed by atoms with Gasteiger partial charge in [0.1, 0.15) is 5.75 Å². The van der Waals surface area contributed by atoms with Gasteiger partial charge in [-0.05, 0) is 48.5 Å². The van der Waals surface area contributed by atoms with Gasteiger partial charge in [0.2, 0.25) is 0 Å². The first-order valence-corrected chi connectivity index (χ1v) is 8.42. The fraction of sp³-hybridized carbons (Fsp3) is 0. The van der Waals surface area contributed by atoms with Crippen molar-refractivity contribution in [2.75, 3.05) is 0 Å². The van der Waals surface area contributed by atoms with Gasteiger partial charge in [-0.3, -0.25) is 9.97 Å². The van der Waals surface area contributed by atoms with Crippen LogP contribution >= 0.6 is 0 Å². The van der Waals surface area contributed by atoms with E-state index in [2.05, 4.69) is 32.7 Å². The molecule has 0 bridgehead atoms. The van der Waals surface area contributed by atoms with Gasteiger partial charge in [-0.1, -0.05) is 24.3 Å². The van der Waals surface area contributed by atoms with E-state index >= 15 is 0 Å². The number of benzene rings is 2. The molecule has 0 radical (unpaired) electrons. The van der Waals surface area contributed by atoms with Crippen LogP contribution in [-0.2, 0) is 0 Å². The molecular weight excluding hydrogens is 329 g/mol. The molecule has 0 aliphatic carbocycles. The molecule has 27 heavy (non-hydrogen) atoms. The van der Waals surface area contributed by atoms with Crippen LogP contribution in [0.3, 0.4) is 0 Å². The van der Waals surface area contributed by atoms with Crippen molar-refractivity contribution in [3.63, 3.8) is 0 Å². The molecular formula is C22H16LiN3O. The predicted molar refractivity (Wildman–Crippen MR) is 111 cm³/mol. The van der Waals surface area contributed by atoms with Crippen LogP contribution < -0.4 is 0 Å². The third kappa shape index (κ3) is 2.80. The van der Waals surface area contributed by atoms with E-state index in [1.54, 1.807) is 12.3 Å². The summed E-state index contributed by atoms with van der Waals surface area (Å²) in [7, 11) is 0. The van der Waals surface area contributed by atoms with Gasteiger partial charge >= 0.3 is 18.9 Å². The molecule has 3 heterocycles. The van der Waals surface area contributed by atoms with Crippen molar-refractivity contribution in [3.8, 4) is 22.7 Å². The molecule has 5 aromatic rings. The molecule has 126 valence electrons. The summed E-state index contributed by atoms with van der Waals surface area (Å²) < 4.78 is 2.17. The van der Waals surface area contributed by atoms with Crippen molar-refractivity contribution >= 4 is 40.8 Å². The summed E-state index contributed by atoms with van der Waals surface area (Å²) in [5.41, 5.74) is 5.49. The van der Waals surface area contributed by atoms with Gasteiger partial charge in [0.25, 0.3) is 0 Å². The maximum absolute atomic E-state index is 10.4. The number of aromatic nitrogens is 3. The maximum atomic E-state index is 10.4. The minimum absolute atomic E-state index is 0. The standard InChI is InChI=1S/C22H15N3O.Li.H/c26-21-11-10-15(14-17(21)18-7-3-4-12-23-18)25-19-8-2-1-6-16(19)22-20(25)9-5-13-24-22;;/h1-14,26H;;. The number of para-hydroxylation sites is 1. The van der Waals surface area contributed by atoms with Gasteiger partial charge in [-0.25, -0.2) is 0 Å². The molecule has 4 nitrogen and oxygen atoms in total. The van der Waals surface area contributed by atoms with Crippen molar-refractivity contribution < 1.29 is 5.11 Å². The molecule has 0 unspecified atom stereocenters. The monoisotopic (exact) mass is 345 g/mol. The molecule has 0 aliphatic rings. The molecule has 1 N–H and O–H groups in total. The van der Waals surface area contributed by atoms with E-state index in [0.717, 1.165) is 33.3 Å². The summed E-state index contributed by atoms with van der Waals surface area (Å²) in [5.74, 6) is 0.214. The molecule has 0 saturated heterocycles. The number of hydrogen-bond donors (Lipinski definition) is 1. The summed E-state index contributed by atoms with van der Waals surface area (Å²) in [4.78, 5) is 8.95. The zero-order valence-electron chi connectivity index (χ0n) is 13.9. The Morgan fingerprint density at radius 3 is 2.37 bits per heavy atom. The Morgan fingerprint density at radius 1 is 0.741 bits per heavy atom. The number of fused-ring (bicyclic) bond motifs is 3. The quantitative estimate of drug-likeness (QED) is 0.485. The van der Waals surface area contributed by atoms with Crippen LogP contribution in [0.15, 0.2) is 85.2 Å². The number of pyridine rings is 2. The molecule has 0 atom stereocenters. The Hall–Kier alpha value is -3.06. The molecule has 3 aromatic heterocycles. The zero-order chi connectivity index (χ0) is 17.5.